The lowest BCUT2D eigenvalue weighted by atomic mass is 10.2. The van der Waals surface area contributed by atoms with Crippen LogP contribution in [-0.4, -0.2) is 21.0 Å². The molecule has 1 aromatic carbocycles. The van der Waals surface area contributed by atoms with Gasteiger partial charge >= 0.3 is 0 Å². The Hall–Kier alpha value is -2.73. The van der Waals surface area contributed by atoms with Gasteiger partial charge in [0.05, 0.1) is 10.6 Å². The number of nitrogens with one attached hydrogen (secondary N) is 1. The molecule has 0 saturated heterocycles. The second-order valence-electron chi connectivity index (χ2n) is 4.85. The van der Waals surface area contributed by atoms with Crippen LogP contribution < -0.4 is 5.32 Å². The van der Waals surface area contributed by atoms with Gasteiger partial charge in [-0.2, -0.15) is 4.98 Å². The summed E-state index contributed by atoms with van der Waals surface area (Å²) in [6.07, 6.45) is 1.65. The Bertz CT molecular complexity index is 820. The van der Waals surface area contributed by atoms with Crippen LogP contribution in [0.2, 0.25) is 5.02 Å². The highest BCUT2D eigenvalue weighted by Gasteiger charge is 2.19. The highest BCUT2D eigenvalue weighted by Crippen LogP contribution is 2.19. The highest BCUT2D eigenvalue weighted by atomic mass is 35.5. The topological polar surface area (TPSA) is 80.9 Å². The molecule has 0 radical (unpaired) electrons. The van der Waals surface area contributed by atoms with Crippen LogP contribution in [0.15, 0.2) is 53.2 Å². The van der Waals surface area contributed by atoms with E-state index in [1.165, 1.54) is 0 Å². The minimum atomic E-state index is -0.455. The monoisotopic (exact) mass is 328 g/mol. The summed E-state index contributed by atoms with van der Waals surface area (Å²) in [5.74, 6) is 0.367. The third-order valence-electron chi connectivity index (χ3n) is 3.17. The molecular weight excluding hydrogens is 316 g/mol. The third-order valence-corrected chi connectivity index (χ3v) is 3.50. The molecule has 7 heteroatoms. The third kappa shape index (κ3) is 3.37. The van der Waals surface area contributed by atoms with Gasteiger partial charge in [0, 0.05) is 6.20 Å². The fourth-order valence-electron chi connectivity index (χ4n) is 1.99. The number of benzene rings is 1. The largest absolute Gasteiger partial charge is 0.340 e. The number of pyridine rings is 1. The van der Waals surface area contributed by atoms with Crippen molar-refractivity contribution in [2.75, 3.05) is 0 Å². The number of amides is 1. The molecule has 0 aliphatic carbocycles. The van der Waals surface area contributed by atoms with Gasteiger partial charge in [-0.15, -0.1) is 0 Å². The highest BCUT2D eigenvalue weighted by molar-refractivity contribution is 6.33. The van der Waals surface area contributed by atoms with Crippen LogP contribution in [-0.2, 0) is 0 Å². The summed E-state index contributed by atoms with van der Waals surface area (Å²) >= 11 is 6.01. The number of aromatic nitrogens is 3. The minimum absolute atomic E-state index is 0.297. The maximum Gasteiger partial charge on any atom is 0.253 e. The van der Waals surface area contributed by atoms with Crippen molar-refractivity contribution in [3.05, 3.63) is 65.1 Å². The van der Waals surface area contributed by atoms with E-state index in [1.54, 1.807) is 49.5 Å². The van der Waals surface area contributed by atoms with Crippen molar-refractivity contribution in [3.63, 3.8) is 0 Å². The van der Waals surface area contributed by atoms with Crippen LogP contribution in [0.3, 0.4) is 0 Å². The molecule has 1 atom stereocenters. The fourth-order valence-corrected chi connectivity index (χ4v) is 2.21. The summed E-state index contributed by atoms with van der Waals surface area (Å²) in [7, 11) is 0. The van der Waals surface area contributed by atoms with E-state index in [4.69, 9.17) is 16.1 Å². The predicted octanol–water partition coefficient (Wildman–Crippen LogP) is 3.28. The Morgan fingerprint density at radius 3 is 2.74 bits per heavy atom. The van der Waals surface area contributed by atoms with Gasteiger partial charge in [-0.25, -0.2) is 0 Å². The van der Waals surface area contributed by atoms with E-state index in [0.717, 1.165) is 0 Å². The van der Waals surface area contributed by atoms with Crippen LogP contribution in [0, 0.1) is 0 Å². The lowest BCUT2D eigenvalue weighted by Gasteiger charge is -2.10. The molecule has 1 unspecified atom stereocenters. The quantitative estimate of drug-likeness (QED) is 0.795. The van der Waals surface area contributed by atoms with E-state index in [2.05, 4.69) is 20.4 Å². The molecule has 3 rings (SSSR count). The molecule has 116 valence electrons. The second kappa shape index (κ2) is 6.58. The first-order valence-corrected chi connectivity index (χ1v) is 7.33. The van der Waals surface area contributed by atoms with Crippen LogP contribution in [0.25, 0.3) is 11.5 Å². The van der Waals surface area contributed by atoms with Crippen LogP contribution >= 0.6 is 11.6 Å². The minimum Gasteiger partial charge on any atom is -0.340 e. The molecule has 0 spiro atoms. The molecule has 23 heavy (non-hydrogen) atoms. The zero-order valence-corrected chi connectivity index (χ0v) is 13.0. The molecule has 0 aliphatic heterocycles. The van der Waals surface area contributed by atoms with Crippen molar-refractivity contribution in [1.29, 1.82) is 0 Å². The van der Waals surface area contributed by atoms with Crippen molar-refractivity contribution < 1.29 is 9.32 Å². The van der Waals surface area contributed by atoms with E-state index in [0.29, 0.717) is 28.0 Å². The number of carbonyl (C=O) groups excluding carboxylic acids is 1. The van der Waals surface area contributed by atoms with E-state index in [9.17, 15) is 4.79 Å². The van der Waals surface area contributed by atoms with E-state index >= 15 is 0 Å². The van der Waals surface area contributed by atoms with Crippen molar-refractivity contribution in [3.8, 4) is 11.5 Å². The summed E-state index contributed by atoms with van der Waals surface area (Å²) in [6, 6.07) is 11.8. The smallest absolute Gasteiger partial charge is 0.253 e. The van der Waals surface area contributed by atoms with Crippen LogP contribution in [0.5, 0.6) is 0 Å². The van der Waals surface area contributed by atoms with Crippen LogP contribution in [0.4, 0.5) is 0 Å². The molecule has 3 aromatic rings. The van der Waals surface area contributed by atoms with E-state index in [-0.39, 0.29) is 5.91 Å². The number of carbonyl (C=O) groups is 1. The first-order valence-electron chi connectivity index (χ1n) is 6.95. The predicted molar refractivity (Wildman–Crippen MR) is 84.9 cm³/mol. The Morgan fingerprint density at radius 1 is 1.22 bits per heavy atom. The molecule has 0 fully saturated rings. The van der Waals surface area contributed by atoms with Crippen molar-refractivity contribution in [1.82, 2.24) is 20.4 Å². The lowest BCUT2D eigenvalue weighted by Crippen LogP contribution is -2.27. The SMILES string of the molecule is CC(NC(=O)c1ccccc1Cl)c1nc(-c2ccccn2)no1. The van der Waals surface area contributed by atoms with Crippen molar-refractivity contribution in [2.24, 2.45) is 0 Å². The standard InChI is InChI=1S/C16H13ClN4O2/c1-10(19-15(22)11-6-2-3-7-12(11)17)16-20-14(21-23-16)13-8-4-5-9-18-13/h2-10H,1H3,(H,19,22). The van der Waals surface area contributed by atoms with Gasteiger partial charge in [-0.3, -0.25) is 9.78 Å². The molecule has 2 aromatic heterocycles. The van der Waals surface area contributed by atoms with Crippen LogP contribution in [0.1, 0.15) is 29.2 Å². The summed E-state index contributed by atoms with van der Waals surface area (Å²) < 4.78 is 5.20. The maximum absolute atomic E-state index is 12.2. The summed E-state index contributed by atoms with van der Waals surface area (Å²) in [4.78, 5) is 20.6. The summed E-state index contributed by atoms with van der Waals surface area (Å²) in [5.41, 5.74) is 0.998. The molecule has 2 heterocycles. The van der Waals surface area contributed by atoms with E-state index < -0.39 is 6.04 Å². The average molecular weight is 329 g/mol. The molecule has 0 aliphatic rings. The average Bonchev–Trinajstić information content (AvgIpc) is 3.06. The Balaban J connectivity index is 1.74. The van der Waals surface area contributed by atoms with Gasteiger partial charge in [0.1, 0.15) is 11.7 Å². The molecule has 1 N–H and O–H groups in total. The first-order chi connectivity index (χ1) is 11.1. The molecule has 1 amide bonds. The van der Waals surface area contributed by atoms with Crippen molar-refractivity contribution in [2.45, 2.75) is 13.0 Å². The van der Waals surface area contributed by atoms with E-state index in [1.807, 2.05) is 6.07 Å². The zero-order valence-electron chi connectivity index (χ0n) is 12.2. The number of hydrogen-bond donors (Lipinski definition) is 1. The molecular formula is C16H13ClN4O2. The zero-order chi connectivity index (χ0) is 16.2. The molecule has 0 bridgehead atoms. The van der Waals surface area contributed by atoms with Gasteiger partial charge in [-0.05, 0) is 31.2 Å². The lowest BCUT2D eigenvalue weighted by molar-refractivity contribution is 0.0932. The maximum atomic E-state index is 12.2. The second-order valence-corrected chi connectivity index (χ2v) is 5.25. The molecule has 6 nitrogen and oxygen atoms in total. The number of rotatable bonds is 4. The van der Waals surface area contributed by atoms with Gasteiger partial charge in [0.2, 0.25) is 11.7 Å². The fraction of sp³-hybridized carbons (Fsp3) is 0.125. The summed E-state index contributed by atoms with van der Waals surface area (Å²) in [5, 5.41) is 7.04. The van der Waals surface area contributed by atoms with Gasteiger partial charge in [0.15, 0.2) is 0 Å². The normalized spacial score (nSPS) is 11.9. The number of hydrogen-bond acceptors (Lipinski definition) is 5. The summed E-state index contributed by atoms with van der Waals surface area (Å²) in [6.45, 7) is 1.75. The van der Waals surface area contributed by atoms with Crippen molar-refractivity contribution >= 4 is 17.5 Å². The van der Waals surface area contributed by atoms with Gasteiger partial charge in [0.25, 0.3) is 5.91 Å². The first kappa shape index (κ1) is 15.2. The number of nitrogens with zero attached hydrogens (tertiary/aromatic N) is 3. The number of halogens is 1. The molecule has 0 saturated carbocycles. The Morgan fingerprint density at radius 2 is 2.00 bits per heavy atom. The Labute approximate surface area is 137 Å². The van der Waals surface area contributed by atoms with Gasteiger partial charge in [-0.1, -0.05) is 35.0 Å². The van der Waals surface area contributed by atoms with Gasteiger partial charge < -0.3 is 9.84 Å². The Kier molecular flexibility index (Phi) is 4.34.